The highest BCUT2D eigenvalue weighted by Crippen LogP contribution is 2.22. The molecular weight excluding hydrogens is 354 g/mol. The molecule has 0 bridgehead atoms. The van der Waals surface area contributed by atoms with E-state index in [1.54, 1.807) is 25.3 Å². The lowest BCUT2D eigenvalue weighted by molar-refractivity contribution is -0.116. The van der Waals surface area contributed by atoms with E-state index >= 15 is 0 Å². The number of nitrogens with zero attached hydrogens (tertiary/aromatic N) is 1. The van der Waals surface area contributed by atoms with Crippen LogP contribution < -0.4 is 15.4 Å². The van der Waals surface area contributed by atoms with Gasteiger partial charge in [-0.2, -0.15) is 0 Å². The minimum atomic E-state index is -0.166. The van der Waals surface area contributed by atoms with E-state index < -0.39 is 0 Å². The van der Waals surface area contributed by atoms with E-state index in [-0.39, 0.29) is 17.9 Å². The molecule has 1 atom stereocenters. The van der Waals surface area contributed by atoms with Gasteiger partial charge in [0.2, 0.25) is 11.8 Å². The molecule has 2 aromatic rings. The molecule has 6 heteroatoms. The maximum atomic E-state index is 12.2. The Balaban J connectivity index is 1.95. The van der Waals surface area contributed by atoms with Gasteiger partial charge in [0, 0.05) is 25.2 Å². The van der Waals surface area contributed by atoms with Crippen molar-refractivity contribution in [3.05, 3.63) is 65.7 Å². The first-order valence-corrected chi connectivity index (χ1v) is 9.03. The minimum Gasteiger partial charge on any atom is -0.497 e. The number of hydrogen-bond donors (Lipinski definition) is 2. The highest BCUT2D eigenvalue weighted by molar-refractivity contribution is 5.92. The van der Waals surface area contributed by atoms with Crippen LogP contribution in [0.3, 0.4) is 0 Å². The van der Waals surface area contributed by atoms with Crippen molar-refractivity contribution < 1.29 is 14.3 Å². The molecule has 2 N–H and O–H groups in total. The number of nitrogens with one attached hydrogen (secondary N) is 2. The van der Waals surface area contributed by atoms with E-state index in [0.29, 0.717) is 6.54 Å². The van der Waals surface area contributed by atoms with Gasteiger partial charge in [0.1, 0.15) is 5.75 Å². The third kappa shape index (κ3) is 6.55. The maximum absolute atomic E-state index is 12.2. The Hall–Kier alpha value is -3.12. The van der Waals surface area contributed by atoms with Gasteiger partial charge in [-0.3, -0.25) is 9.59 Å². The first-order valence-electron chi connectivity index (χ1n) is 9.03. The number of anilines is 1. The van der Waals surface area contributed by atoms with E-state index in [1.807, 2.05) is 50.5 Å². The third-order valence-electron chi connectivity index (χ3n) is 4.23. The standard InChI is InChI=1S/C22H27N3O3/c1-16(26)24-19-11-8-17(9-12-19)10-13-22(27)23-15-21(25(2)3)18-6-5-7-20(14-18)28-4/h5-14,21H,15H2,1-4H3,(H,23,27)(H,24,26)/b13-10+. The van der Waals surface area contributed by atoms with Gasteiger partial charge in [0.15, 0.2) is 0 Å². The van der Waals surface area contributed by atoms with Crippen molar-refractivity contribution in [2.45, 2.75) is 13.0 Å². The number of amides is 2. The maximum Gasteiger partial charge on any atom is 0.244 e. The Morgan fingerprint density at radius 2 is 1.86 bits per heavy atom. The van der Waals surface area contributed by atoms with Gasteiger partial charge >= 0.3 is 0 Å². The van der Waals surface area contributed by atoms with Crippen molar-refractivity contribution in [3.8, 4) is 5.75 Å². The molecule has 0 aliphatic heterocycles. The van der Waals surface area contributed by atoms with Crippen LogP contribution in [-0.4, -0.2) is 44.5 Å². The topological polar surface area (TPSA) is 70.7 Å². The van der Waals surface area contributed by atoms with Crippen LogP contribution in [0.15, 0.2) is 54.6 Å². The van der Waals surface area contributed by atoms with E-state index in [9.17, 15) is 9.59 Å². The van der Waals surface area contributed by atoms with Crippen LogP contribution in [0.5, 0.6) is 5.75 Å². The highest BCUT2D eigenvalue weighted by atomic mass is 16.5. The van der Waals surface area contributed by atoms with Crippen LogP contribution >= 0.6 is 0 Å². The summed E-state index contributed by atoms with van der Waals surface area (Å²) in [7, 11) is 5.59. The lowest BCUT2D eigenvalue weighted by atomic mass is 10.1. The molecule has 0 heterocycles. The second-order valence-electron chi connectivity index (χ2n) is 6.64. The zero-order chi connectivity index (χ0) is 20.5. The van der Waals surface area contributed by atoms with Crippen molar-refractivity contribution in [1.82, 2.24) is 10.2 Å². The SMILES string of the molecule is COc1cccc(C(CNC(=O)/C=C/c2ccc(NC(C)=O)cc2)N(C)C)c1. The predicted molar refractivity (Wildman–Crippen MR) is 112 cm³/mol. The van der Waals surface area contributed by atoms with Gasteiger partial charge in [0.05, 0.1) is 13.2 Å². The number of carbonyl (C=O) groups excluding carboxylic acids is 2. The summed E-state index contributed by atoms with van der Waals surface area (Å²) in [5, 5.41) is 5.65. The van der Waals surface area contributed by atoms with Crippen LogP contribution in [0, 0.1) is 0 Å². The summed E-state index contributed by atoms with van der Waals surface area (Å²) in [6.07, 6.45) is 3.24. The van der Waals surface area contributed by atoms with Crippen molar-refractivity contribution in [1.29, 1.82) is 0 Å². The quantitative estimate of drug-likeness (QED) is 0.690. The molecule has 28 heavy (non-hydrogen) atoms. The molecule has 0 aliphatic rings. The van der Waals surface area contributed by atoms with Gasteiger partial charge in [-0.25, -0.2) is 0 Å². The van der Waals surface area contributed by atoms with Gasteiger partial charge in [-0.1, -0.05) is 24.3 Å². The zero-order valence-electron chi connectivity index (χ0n) is 16.7. The molecule has 0 saturated heterocycles. The Morgan fingerprint density at radius 3 is 2.46 bits per heavy atom. The summed E-state index contributed by atoms with van der Waals surface area (Å²) in [5.41, 5.74) is 2.67. The molecule has 0 radical (unpaired) electrons. The van der Waals surface area contributed by atoms with Gasteiger partial charge in [-0.05, 0) is 55.6 Å². The lowest BCUT2D eigenvalue weighted by Gasteiger charge is -2.25. The van der Waals surface area contributed by atoms with E-state index in [1.165, 1.54) is 13.0 Å². The van der Waals surface area contributed by atoms with Crippen molar-refractivity contribution >= 4 is 23.6 Å². The molecule has 0 spiro atoms. The Bertz CT molecular complexity index is 829. The normalized spacial score (nSPS) is 12.0. The molecule has 2 rings (SSSR count). The highest BCUT2D eigenvalue weighted by Gasteiger charge is 2.15. The molecule has 0 aromatic heterocycles. The van der Waals surface area contributed by atoms with Crippen molar-refractivity contribution in [3.63, 3.8) is 0 Å². The zero-order valence-corrected chi connectivity index (χ0v) is 16.7. The van der Waals surface area contributed by atoms with E-state index in [4.69, 9.17) is 4.74 Å². The number of ether oxygens (including phenoxy) is 1. The summed E-state index contributed by atoms with van der Waals surface area (Å²) in [4.78, 5) is 25.3. The fourth-order valence-electron chi connectivity index (χ4n) is 2.76. The number of rotatable bonds is 8. The van der Waals surface area contributed by atoms with Gasteiger partial charge in [0.25, 0.3) is 0 Å². The number of hydrogen-bond acceptors (Lipinski definition) is 4. The molecule has 1 unspecified atom stereocenters. The molecule has 0 aliphatic carbocycles. The summed E-state index contributed by atoms with van der Waals surface area (Å²) in [6, 6.07) is 15.1. The summed E-state index contributed by atoms with van der Waals surface area (Å²) >= 11 is 0. The van der Waals surface area contributed by atoms with Gasteiger partial charge in [-0.15, -0.1) is 0 Å². The number of methoxy groups -OCH3 is 1. The average Bonchev–Trinajstić information content (AvgIpc) is 2.67. The average molecular weight is 381 g/mol. The van der Waals surface area contributed by atoms with Crippen LogP contribution in [0.2, 0.25) is 0 Å². The molecule has 148 valence electrons. The number of likely N-dealkylation sites (N-methyl/N-ethyl adjacent to an activating group) is 1. The first-order chi connectivity index (χ1) is 13.4. The summed E-state index contributed by atoms with van der Waals surface area (Å²) in [6.45, 7) is 1.94. The predicted octanol–water partition coefficient (Wildman–Crippen LogP) is 3.09. The third-order valence-corrected chi connectivity index (χ3v) is 4.23. The van der Waals surface area contributed by atoms with Crippen LogP contribution in [0.1, 0.15) is 24.1 Å². The van der Waals surface area contributed by atoms with Gasteiger partial charge < -0.3 is 20.3 Å². The van der Waals surface area contributed by atoms with Crippen molar-refractivity contribution in [2.75, 3.05) is 33.1 Å². The summed E-state index contributed by atoms with van der Waals surface area (Å²) < 4.78 is 5.29. The van der Waals surface area contributed by atoms with Crippen LogP contribution in [0.4, 0.5) is 5.69 Å². The second-order valence-corrected chi connectivity index (χ2v) is 6.64. The van der Waals surface area contributed by atoms with Crippen molar-refractivity contribution in [2.24, 2.45) is 0 Å². The molecular formula is C22H27N3O3. The monoisotopic (exact) mass is 381 g/mol. The Labute approximate surface area is 166 Å². The fraction of sp³-hybridized carbons (Fsp3) is 0.273. The fourth-order valence-corrected chi connectivity index (χ4v) is 2.76. The second kappa shape index (κ2) is 10.3. The lowest BCUT2D eigenvalue weighted by Crippen LogP contribution is -2.33. The first kappa shape index (κ1) is 21.2. The van der Waals surface area contributed by atoms with Crippen LogP contribution in [-0.2, 0) is 9.59 Å². The summed E-state index contributed by atoms with van der Waals surface area (Å²) in [5.74, 6) is 0.508. The molecule has 2 aromatic carbocycles. The van der Waals surface area contributed by atoms with E-state index in [2.05, 4.69) is 15.5 Å². The molecule has 0 fully saturated rings. The van der Waals surface area contributed by atoms with Crippen LogP contribution in [0.25, 0.3) is 6.08 Å². The smallest absolute Gasteiger partial charge is 0.244 e. The Morgan fingerprint density at radius 1 is 1.14 bits per heavy atom. The molecule has 6 nitrogen and oxygen atoms in total. The molecule has 2 amide bonds. The Kier molecular flexibility index (Phi) is 7.77. The number of carbonyl (C=O) groups is 2. The molecule has 0 saturated carbocycles. The van der Waals surface area contributed by atoms with E-state index in [0.717, 1.165) is 22.6 Å². The number of benzene rings is 2. The minimum absolute atomic E-state index is 0.0318. The largest absolute Gasteiger partial charge is 0.497 e.